The number of benzene rings is 2. The zero-order valence-corrected chi connectivity index (χ0v) is 13.9. The number of rotatable bonds is 3. The number of aliphatic hydroxyl groups excluding tert-OH is 1. The van der Waals surface area contributed by atoms with Crippen molar-refractivity contribution in [3.63, 3.8) is 0 Å². The molecule has 4 rings (SSSR count). The lowest BCUT2D eigenvalue weighted by Crippen LogP contribution is -2.44. The second-order valence-corrected chi connectivity index (χ2v) is 6.55. The molecule has 0 bridgehead atoms. The summed E-state index contributed by atoms with van der Waals surface area (Å²) >= 11 is 0. The van der Waals surface area contributed by atoms with Gasteiger partial charge in [0, 0.05) is 5.56 Å². The van der Waals surface area contributed by atoms with Crippen LogP contribution >= 0.6 is 0 Å². The normalized spacial score (nSPS) is 23.6. The lowest BCUT2D eigenvalue weighted by atomic mass is 9.95. The zero-order chi connectivity index (χ0) is 16.5. The van der Waals surface area contributed by atoms with E-state index in [1.54, 1.807) is 7.11 Å². The molecule has 2 atom stereocenters. The average molecular weight is 325 g/mol. The quantitative estimate of drug-likeness (QED) is 0.940. The van der Waals surface area contributed by atoms with E-state index in [4.69, 9.17) is 9.47 Å². The first-order valence-electron chi connectivity index (χ1n) is 8.59. The summed E-state index contributed by atoms with van der Waals surface area (Å²) in [6.45, 7) is 2.68. The molecule has 1 saturated heterocycles. The summed E-state index contributed by atoms with van der Waals surface area (Å²) in [4.78, 5) is 2.35. The van der Waals surface area contributed by atoms with Crippen molar-refractivity contribution in [1.82, 2.24) is 4.90 Å². The van der Waals surface area contributed by atoms with Crippen LogP contribution in [0.4, 0.5) is 0 Å². The molecule has 1 N–H and O–H groups in total. The third-order valence-electron chi connectivity index (χ3n) is 5.14. The Morgan fingerprint density at radius 1 is 1.04 bits per heavy atom. The number of methoxy groups -OCH3 is 1. The van der Waals surface area contributed by atoms with E-state index in [-0.39, 0.29) is 6.04 Å². The standard InChI is InChI=1S/C20H23NO3/c1-23-16-7-4-14(5-8-16)15-6-9-17-19(12-15)24-13-18(20(17)22)21-10-2-3-11-21/h4-9,12,18,20,22H,2-3,10-11,13H2,1H3/t18-,20+/m0/s1. The lowest BCUT2D eigenvalue weighted by Gasteiger charge is -2.36. The molecule has 1 fully saturated rings. The number of likely N-dealkylation sites (tertiary alicyclic amines) is 1. The van der Waals surface area contributed by atoms with E-state index in [9.17, 15) is 5.11 Å². The molecule has 0 aliphatic carbocycles. The van der Waals surface area contributed by atoms with Crippen LogP contribution in [0.3, 0.4) is 0 Å². The minimum Gasteiger partial charge on any atom is -0.497 e. The second-order valence-electron chi connectivity index (χ2n) is 6.55. The smallest absolute Gasteiger partial charge is 0.125 e. The summed E-state index contributed by atoms with van der Waals surface area (Å²) in [5, 5.41) is 10.8. The van der Waals surface area contributed by atoms with Gasteiger partial charge in [-0.3, -0.25) is 4.90 Å². The Kier molecular flexibility index (Phi) is 4.17. The molecule has 0 aromatic heterocycles. The van der Waals surface area contributed by atoms with Gasteiger partial charge in [0.05, 0.1) is 13.2 Å². The van der Waals surface area contributed by atoms with Crippen molar-refractivity contribution < 1.29 is 14.6 Å². The summed E-state index contributed by atoms with van der Waals surface area (Å²) in [6, 6.07) is 14.1. The van der Waals surface area contributed by atoms with Crippen LogP contribution in [0.5, 0.6) is 11.5 Å². The Labute approximate surface area is 142 Å². The highest BCUT2D eigenvalue weighted by Crippen LogP contribution is 2.38. The van der Waals surface area contributed by atoms with E-state index in [2.05, 4.69) is 11.0 Å². The van der Waals surface area contributed by atoms with E-state index in [0.717, 1.165) is 41.3 Å². The second kappa shape index (κ2) is 6.46. The fraction of sp³-hybridized carbons (Fsp3) is 0.400. The van der Waals surface area contributed by atoms with Gasteiger partial charge in [-0.15, -0.1) is 0 Å². The third kappa shape index (κ3) is 2.76. The van der Waals surface area contributed by atoms with Gasteiger partial charge in [0.15, 0.2) is 0 Å². The van der Waals surface area contributed by atoms with Crippen molar-refractivity contribution in [2.24, 2.45) is 0 Å². The summed E-state index contributed by atoms with van der Waals surface area (Å²) in [5.74, 6) is 1.64. The number of ether oxygens (including phenoxy) is 2. The predicted octanol–water partition coefficient (Wildman–Crippen LogP) is 3.25. The largest absolute Gasteiger partial charge is 0.497 e. The van der Waals surface area contributed by atoms with Crippen LogP contribution in [-0.2, 0) is 0 Å². The van der Waals surface area contributed by atoms with Gasteiger partial charge in [-0.1, -0.05) is 24.3 Å². The molecule has 4 heteroatoms. The van der Waals surface area contributed by atoms with Crippen molar-refractivity contribution in [2.75, 3.05) is 26.8 Å². The molecule has 0 amide bonds. The molecule has 0 saturated carbocycles. The SMILES string of the molecule is COc1ccc(-c2ccc3c(c2)OC[C@H](N2CCCC2)[C@@H]3O)cc1. The van der Waals surface area contributed by atoms with Crippen LogP contribution < -0.4 is 9.47 Å². The first-order chi connectivity index (χ1) is 11.8. The van der Waals surface area contributed by atoms with Crippen LogP contribution in [0.15, 0.2) is 42.5 Å². The van der Waals surface area contributed by atoms with Crippen molar-refractivity contribution in [3.05, 3.63) is 48.0 Å². The molecule has 2 aliphatic heterocycles. The van der Waals surface area contributed by atoms with Crippen molar-refractivity contribution >= 4 is 0 Å². The molecule has 2 heterocycles. The molecule has 2 aromatic carbocycles. The first kappa shape index (κ1) is 15.5. The summed E-state index contributed by atoms with van der Waals surface area (Å²) in [7, 11) is 1.67. The molecular weight excluding hydrogens is 302 g/mol. The Bertz CT molecular complexity index is 707. The van der Waals surface area contributed by atoms with E-state index < -0.39 is 6.10 Å². The Hall–Kier alpha value is -2.04. The molecule has 0 radical (unpaired) electrons. The van der Waals surface area contributed by atoms with E-state index in [1.165, 1.54) is 12.8 Å². The number of hydrogen-bond acceptors (Lipinski definition) is 4. The number of nitrogens with zero attached hydrogens (tertiary/aromatic N) is 1. The summed E-state index contributed by atoms with van der Waals surface area (Å²) in [5.41, 5.74) is 3.09. The molecule has 126 valence electrons. The minimum atomic E-state index is -0.475. The predicted molar refractivity (Wildman–Crippen MR) is 93.5 cm³/mol. The van der Waals surface area contributed by atoms with Gasteiger partial charge < -0.3 is 14.6 Å². The topological polar surface area (TPSA) is 41.9 Å². The number of hydrogen-bond donors (Lipinski definition) is 1. The van der Waals surface area contributed by atoms with Gasteiger partial charge in [0.25, 0.3) is 0 Å². The van der Waals surface area contributed by atoms with Crippen LogP contribution in [-0.4, -0.2) is 42.9 Å². The monoisotopic (exact) mass is 325 g/mol. The van der Waals surface area contributed by atoms with E-state index in [1.807, 2.05) is 36.4 Å². The van der Waals surface area contributed by atoms with Crippen molar-refractivity contribution in [3.8, 4) is 22.6 Å². The molecule has 0 spiro atoms. The molecular formula is C20H23NO3. The van der Waals surface area contributed by atoms with Crippen LogP contribution in [0.1, 0.15) is 24.5 Å². The van der Waals surface area contributed by atoms with Crippen LogP contribution in [0.2, 0.25) is 0 Å². The Balaban J connectivity index is 1.59. The highest BCUT2D eigenvalue weighted by molar-refractivity contribution is 5.67. The fourth-order valence-corrected chi connectivity index (χ4v) is 3.72. The maximum absolute atomic E-state index is 10.8. The first-order valence-corrected chi connectivity index (χ1v) is 8.59. The van der Waals surface area contributed by atoms with Gasteiger partial charge in [0.1, 0.15) is 24.2 Å². The molecule has 0 unspecified atom stereocenters. The highest BCUT2D eigenvalue weighted by atomic mass is 16.5. The van der Waals surface area contributed by atoms with Crippen molar-refractivity contribution in [2.45, 2.75) is 25.0 Å². The zero-order valence-electron chi connectivity index (χ0n) is 13.9. The van der Waals surface area contributed by atoms with Crippen LogP contribution in [0, 0.1) is 0 Å². The summed E-state index contributed by atoms with van der Waals surface area (Å²) in [6.07, 6.45) is 1.95. The Morgan fingerprint density at radius 2 is 1.75 bits per heavy atom. The van der Waals surface area contributed by atoms with Gasteiger partial charge in [-0.2, -0.15) is 0 Å². The van der Waals surface area contributed by atoms with E-state index in [0.29, 0.717) is 6.61 Å². The van der Waals surface area contributed by atoms with Gasteiger partial charge >= 0.3 is 0 Å². The molecule has 24 heavy (non-hydrogen) atoms. The fourth-order valence-electron chi connectivity index (χ4n) is 3.72. The van der Waals surface area contributed by atoms with Crippen LogP contribution in [0.25, 0.3) is 11.1 Å². The highest BCUT2D eigenvalue weighted by Gasteiger charge is 2.34. The maximum Gasteiger partial charge on any atom is 0.125 e. The minimum absolute atomic E-state index is 0.0758. The average Bonchev–Trinajstić information content (AvgIpc) is 3.16. The van der Waals surface area contributed by atoms with Crippen molar-refractivity contribution in [1.29, 1.82) is 0 Å². The molecule has 2 aromatic rings. The van der Waals surface area contributed by atoms with Gasteiger partial charge in [0.2, 0.25) is 0 Å². The number of fused-ring (bicyclic) bond motifs is 1. The maximum atomic E-state index is 10.8. The lowest BCUT2D eigenvalue weighted by molar-refractivity contribution is 0.0140. The van der Waals surface area contributed by atoms with Gasteiger partial charge in [-0.05, 0) is 55.3 Å². The van der Waals surface area contributed by atoms with Gasteiger partial charge in [-0.25, -0.2) is 0 Å². The molecule has 2 aliphatic rings. The Morgan fingerprint density at radius 3 is 2.46 bits per heavy atom. The third-order valence-corrected chi connectivity index (χ3v) is 5.14. The van der Waals surface area contributed by atoms with E-state index >= 15 is 0 Å². The number of aliphatic hydroxyl groups is 1. The molecule has 4 nitrogen and oxygen atoms in total. The summed E-state index contributed by atoms with van der Waals surface area (Å²) < 4.78 is 11.2.